The standard InChI is InChI=1S/C18H13ClN4O4S2/c1-2-29(25,26)18-22-23-15(20)13(16(24)21-17(23)28-18)9-12-6-7-14(27-12)10-4-3-5-11(19)8-10/h3-9,20H,2H2,1H3/b13-9+,20-15?. The van der Waals surface area contributed by atoms with Gasteiger partial charge in [0.15, 0.2) is 5.84 Å². The zero-order valence-corrected chi connectivity index (χ0v) is 17.3. The molecule has 1 amide bonds. The number of thioether (sulfide) groups is 1. The molecule has 0 saturated carbocycles. The second-order valence-corrected chi connectivity index (χ2v) is 9.85. The number of hydrogen-bond acceptors (Lipinski definition) is 7. The number of hydrazone groups is 1. The Morgan fingerprint density at radius 2 is 2.10 bits per heavy atom. The predicted octanol–water partition coefficient (Wildman–Crippen LogP) is 3.61. The summed E-state index contributed by atoms with van der Waals surface area (Å²) in [6, 6.07) is 10.5. The summed E-state index contributed by atoms with van der Waals surface area (Å²) in [4.78, 5) is 16.3. The fourth-order valence-corrected chi connectivity index (χ4v) is 4.95. The zero-order chi connectivity index (χ0) is 20.8. The molecule has 1 aromatic carbocycles. The lowest BCUT2D eigenvalue weighted by atomic mass is 10.1. The van der Waals surface area contributed by atoms with Gasteiger partial charge in [0.25, 0.3) is 5.91 Å². The maximum atomic E-state index is 12.4. The number of amidine groups is 2. The first-order chi connectivity index (χ1) is 13.8. The van der Waals surface area contributed by atoms with Crippen LogP contribution >= 0.6 is 23.4 Å². The molecule has 0 unspecified atom stereocenters. The number of amides is 1. The van der Waals surface area contributed by atoms with Gasteiger partial charge in [-0.1, -0.05) is 30.7 Å². The average molecular weight is 449 g/mol. The smallest absolute Gasteiger partial charge is 0.283 e. The van der Waals surface area contributed by atoms with Gasteiger partial charge in [0.1, 0.15) is 11.5 Å². The number of benzene rings is 1. The highest BCUT2D eigenvalue weighted by Gasteiger charge is 2.39. The maximum absolute atomic E-state index is 12.4. The Morgan fingerprint density at radius 3 is 2.83 bits per heavy atom. The topological polar surface area (TPSA) is 116 Å². The number of fused-ring (bicyclic) bond motifs is 1. The molecule has 0 aliphatic carbocycles. The molecule has 3 heterocycles. The molecule has 2 aliphatic heterocycles. The fourth-order valence-electron chi connectivity index (χ4n) is 2.59. The number of sulfone groups is 1. The molecule has 2 aromatic rings. The van der Waals surface area contributed by atoms with E-state index >= 15 is 0 Å². The Morgan fingerprint density at radius 1 is 1.31 bits per heavy atom. The first-order valence-corrected chi connectivity index (χ1v) is 11.2. The highest BCUT2D eigenvalue weighted by Crippen LogP contribution is 2.31. The van der Waals surface area contributed by atoms with Crippen LogP contribution < -0.4 is 0 Å². The zero-order valence-electron chi connectivity index (χ0n) is 14.9. The number of nitrogens with zero attached hydrogens (tertiary/aromatic N) is 3. The lowest BCUT2D eigenvalue weighted by molar-refractivity contribution is -0.114. The van der Waals surface area contributed by atoms with E-state index in [1.54, 1.807) is 30.3 Å². The van der Waals surface area contributed by atoms with Gasteiger partial charge in [-0.15, -0.1) is 5.10 Å². The van der Waals surface area contributed by atoms with E-state index in [0.717, 1.165) is 22.3 Å². The van der Waals surface area contributed by atoms with Gasteiger partial charge in [-0.05, 0) is 42.1 Å². The van der Waals surface area contributed by atoms with Gasteiger partial charge >= 0.3 is 0 Å². The average Bonchev–Trinajstić information content (AvgIpc) is 3.33. The van der Waals surface area contributed by atoms with Gasteiger partial charge in [0.05, 0.1) is 11.3 Å². The lowest BCUT2D eigenvalue weighted by Crippen LogP contribution is -2.35. The number of aliphatic imine (C=N–C) groups is 1. The van der Waals surface area contributed by atoms with Crippen molar-refractivity contribution in [1.82, 2.24) is 5.01 Å². The van der Waals surface area contributed by atoms with Crippen molar-refractivity contribution in [3.8, 4) is 11.3 Å². The van der Waals surface area contributed by atoms with Gasteiger partial charge < -0.3 is 4.42 Å². The van der Waals surface area contributed by atoms with Gasteiger partial charge in [0.2, 0.25) is 19.4 Å². The van der Waals surface area contributed by atoms with Crippen LogP contribution in [0, 0.1) is 5.41 Å². The molecule has 11 heteroatoms. The second-order valence-electron chi connectivity index (χ2n) is 6.00. The van der Waals surface area contributed by atoms with E-state index in [1.807, 2.05) is 6.07 Å². The number of carbonyl (C=O) groups is 1. The largest absolute Gasteiger partial charge is 0.457 e. The number of halogens is 1. The van der Waals surface area contributed by atoms with Crippen molar-refractivity contribution in [1.29, 1.82) is 5.41 Å². The highest BCUT2D eigenvalue weighted by molar-refractivity contribution is 8.42. The van der Waals surface area contributed by atoms with Crippen molar-refractivity contribution in [2.24, 2.45) is 10.1 Å². The maximum Gasteiger partial charge on any atom is 0.283 e. The third kappa shape index (κ3) is 3.66. The molecule has 0 fully saturated rings. The molecule has 0 radical (unpaired) electrons. The van der Waals surface area contributed by atoms with E-state index in [1.165, 1.54) is 13.0 Å². The van der Waals surface area contributed by atoms with Gasteiger partial charge in [0, 0.05) is 10.6 Å². The summed E-state index contributed by atoms with van der Waals surface area (Å²) < 4.78 is 29.6. The second kappa shape index (κ2) is 7.29. The van der Waals surface area contributed by atoms with Crippen LogP contribution in [0.1, 0.15) is 12.7 Å². The van der Waals surface area contributed by atoms with Gasteiger partial charge in [-0.3, -0.25) is 10.2 Å². The Hall–Kier alpha value is -2.69. The summed E-state index contributed by atoms with van der Waals surface area (Å²) in [6.45, 7) is 1.49. The van der Waals surface area contributed by atoms with E-state index in [-0.39, 0.29) is 26.7 Å². The van der Waals surface area contributed by atoms with Gasteiger partial charge in [-0.25, -0.2) is 8.42 Å². The molecule has 148 valence electrons. The Bertz CT molecular complexity index is 1240. The van der Waals surface area contributed by atoms with Crippen molar-refractivity contribution in [3.63, 3.8) is 0 Å². The first kappa shape index (κ1) is 19.6. The monoisotopic (exact) mass is 448 g/mol. The normalized spacial score (nSPS) is 18.1. The van der Waals surface area contributed by atoms with E-state index in [0.29, 0.717) is 16.5 Å². The van der Waals surface area contributed by atoms with Crippen molar-refractivity contribution in [3.05, 3.63) is 52.8 Å². The molecular weight excluding hydrogens is 436 g/mol. The minimum Gasteiger partial charge on any atom is -0.457 e. The molecule has 0 saturated heterocycles. The number of rotatable bonds is 3. The number of hydrogen-bond donors (Lipinski definition) is 1. The molecule has 0 spiro atoms. The Balaban J connectivity index is 1.66. The van der Waals surface area contributed by atoms with Gasteiger partial charge in [-0.2, -0.15) is 10.0 Å². The fraction of sp³-hybridized carbons (Fsp3) is 0.111. The summed E-state index contributed by atoms with van der Waals surface area (Å²) in [5, 5.41) is 13.9. The van der Waals surface area contributed by atoms with E-state index in [4.69, 9.17) is 21.4 Å². The van der Waals surface area contributed by atoms with Crippen LogP contribution in [0.2, 0.25) is 5.02 Å². The number of nitrogens with one attached hydrogen (secondary N) is 1. The molecular formula is C18H13ClN4O4S2. The minimum absolute atomic E-state index is 0.0447. The lowest BCUT2D eigenvalue weighted by Gasteiger charge is -2.19. The molecule has 8 nitrogen and oxygen atoms in total. The van der Waals surface area contributed by atoms with Crippen LogP contribution in [0.25, 0.3) is 17.4 Å². The van der Waals surface area contributed by atoms with Crippen LogP contribution in [0.5, 0.6) is 0 Å². The minimum atomic E-state index is -3.57. The Kier molecular flexibility index (Phi) is 4.93. The van der Waals surface area contributed by atoms with E-state index in [2.05, 4.69) is 10.1 Å². The molecule has 1 aromatic heterocycles. The highest BCUT2D eigenvalue weighted by atomic mass is 35.5. The summed E-state index contributed by atoms with van der Waals surface area (Å²) >= 11 is 6.76. The third-order valence-corrected chi connectivity index (χ3v) is 7.43. The van der Waals surface area contributed by atoms with E-state index in [9.17, 15) is 13.2 Å². The summed E-state index contributed by atoms with van der Waals surface area (Å²) in [5.41, 5.74) is 0.711. The van der Waals surface area contributed by atoms with E-state index < -0.39 is 15.7 Å². The molecule has 2 aliphatic rings. The predicted molar refractivity (Wildman–Crippen MR) is 114 cm³/mol. The summed E-state index contributed by atoms with van der Waals surface area (Å²) in [5.74, 6) is -0.189. The van der Waals surface area contributed by atoms with Crippen molar-refractivity contribution in [2.45, 2.75) is 6.92 Å². The molecule has 0 bridgehead atoms. The SMILES string of the molecule is CCS(=O)(=O)C1=NN2C(=N)/C(=C\c3ccc(-c4cccc(Cl)c4)o3)C(=O)N=C2S1. The molecule has 4 rings (SSSR count). The third-order valence-electron chi connectivity index (χ3n) is 4.10. The van der Waals surface area contributed by atoms with Crippen LogP contribution in [-0.4, -0.2) is 40.5 Å². The van der Waals surface area contributed by atoms with Crippen LogP contribution in [0.15, 0.2) is 56.5 Å². The van der Waals surface area contributed by atoms with Crippen LogP contribution in [0.3, 0.4) is 0 Å². The van der Waals surface area contributed by atoms with Crippen LogP contribution in [-0.2, 0) is 14.6 Å². The summed E-state index contributed by atoms with van der Waals surface area (Å²) in [7, 11) is -3.57. The molecule has 1 N–H and O–H groups in total. The first-order valence-electron chi connectivity index (χ1n) is 8.37. The van der Waals surface area contributed by atoms with Crippen molar-refractivity contribution < 1.29 is 17.6 Å². The van der Waals surface area contributed by atoms with Crippen molar-refractivity contribution >= 4 is 60.6 Å². The number of carbonyl (C=O) groups excluding carboxylic acids is 1. The quantitative estimate of drug-likeness (QED) is 0.717. The van der Waals surface area contributed by atoms with Crippen molar-refractivity contribution in [2.75, 3.05) is 5.75 Å². The Labute approximate surface area is 175 Å². The molecule has 0 atom stereocenters. The van der Waals surface area contributed by atoms with Crippen LogP contribution in [0.4, 0.5) is 0 Å². The number of furan rings is 1. The summed E-state index contributed by atoms with van der Waals surface area (Å²) in [6.07, 6.45) is 1.38. The molecule has 29 heavy (non-hydrogen) atoms.